The molecule has 0 atom stereocenters. The Morgan fingerprint density at radius 3 is 2.33 bits per heavy atom. The van der Waals surface area contributed by atoms with Gasteiger partial charge in [-0.3, -0.25) is 19.7 Å². The summed E-state index contributed by atoms with van der Waals surface area (Å²) in [6.07, 6.45) is -0.456. The van der Waals surface area contributed by atoms with Crippen molar-refractivity contribution in [1.29, 1.82) is 0 Å². The van der Waals surface area contributed by atoms with E-state index in [-0.39, 0.29) is 0 Å². The number of amides is 5. The molecule has 1 fully saturated rings. The molecule has 0 aromatic heterocycles. The number of primary amides is 1. The van der Waals surface area contributed by atoms with E-state index in [1.165, 1.54) is 13.8 Å². The zero-order valence-electron chi connectivity index (χ0n) is 8.36. The van der Waals surface area contributed by atoms with Crippen molar-refractivity contribution in [3.05, 3.63) is 0 Å². The van der Waals surface area contributed by atoms with Gasteiger partial charge in [-0.05, 0) is 13.8 Å². The second-order valence-electron chi connectivity index (χ2n) is 3.68. The van der Waals surface area contributed by atoms with Crippen molar-refractivity contribution in [1.82, 2.24) is 10.2 Å². The third-order valence-corrected chi connectivity index (χ3v) is 2.17. The predicted molar refractivity (Wildman–Crippen MR) is 48.3 cm³/mol. The highest BCUT2D eigenvalue weighted by Crippen LogP contribution is 2.17. The monoisotopic (exact) mass is 213 g/mol. The maximum atomic E-state index is 11.4. The first-order valence-corrected chi connectivity index (χ1v) is 4.23. The molecule has 1 aliphatic rings. The molecule has 0 aromatic carbocycles. The summed E-state index contributed by atoms with van der Waals surface area (Å²) in [6, 6.07) is -0.917. The van der Waals surface area contributed by atoms with Crippen LogP contribution < -0.4 is 11.1 Å². The Hall–Kier alpha value is -1.92. The summed E-state index contributed by atoms with van der Waals surface area (Å²) in [7, 11) is 0. The zero-order valence-corrected chi connectivity index (χ0v) is 8.36. The van der Waals surface area contributed by atoms with Crippen LogP contribution in [0.2, 0.25) is 0 Å². The molecule has 1 saturated heterocycles. The van der Waals surface area contributed by atoms with E-state index in [4.69, 9.17) is 5.73 Å². The van der Waals surface area contributed by atoms with E-state index in [1.807, 2.05) is 5.32 Å². The largest absolute Gasteiger partial charge is 0.368 e. The highest BCUT2D eigenvalue weighted by Gasteiger charge is 2.44. The van der Waals surface area contributed by atoms with Gasteiger partial charge in [0.25, 0.3) is 0 Å². The fourth-order valence-electron chi connectivity index (χ4n) is 1.22. The van der Waals surface area contributed by atoms with Crippen LogP contribution >= 0.6 is 0 Å². The molecule has 0 saturated carbocycles. The Morgan fingerprint density at radius 2 is 1.93 bits per heavy atom. The Labute approximate surface area is 85.6 Å². The van der Waals surface area contributed by atoms with Gasteiger partial charge in [0.05, 0.1) is 0 Å². The van der Waals surface area contributed by atoms with Crippen molar-refractivity contribution in [3.63, 3.8) is 0 Å². The number of imide groups is 2. The van der Waals surface area contributed by atoms with E-state index in [1.54, 1.807) is 0 Å². The second-order valence-corrected chi connectivity index (χ2v) is 3.68. The van der Waals surface area contributed by atoms with Crippen molar-refractivity contribution in [3.8, 4) is 0 Å². The number of barbiturate groups is 1. The SMILES string of the molecule is CC(C)(C(N)=O)N1C(=O)CC(=O)NC1=O. The summed E-state index contributed by atoms with van der Waals surface area (Å²) < 4.78 is 0. The van der Waals surface area contributed by atoms with E-state index >= 15 is 0 Å². The van der Waals surface area contributed by atoms with Crippen LogP contribution in [-0.2, 0) is 14.4 Å². The number of rotatable bonds is 2. The Morgan fingerprint density at radius 1 is 1.40 bits per heavy atom. The molecule has 7 heteroatoms. The van der Waals surface area contributed by atoms with E-state index < -0.39 is 35.7 Å². The molecular weight excluding hydrogens is 202 g/mol. The summed E-state index contributed by atoms with van der Waals surface area (Å²) in [5, 5.41) is 1.94. The van der Waals surface area contributed by atoms with E-state index in [2.05, 4.69) is 0 Å². The maximum absolute atomic E-state index is 11.4. The number of nitrogens with one attached hydrogen (secondary N) is 1. The molecule has 1 aliphatic heterocycles. The molecular formula is C8H11N3O4. The predicted octanol–water partition coefficient (Wildman–Crippen LogP) is -1.28. The number of hydrogen-bond acceptors (Lipinski definition) is 4. The van der Waals surface area contributed by atoms with Gasteiger partial charge in [-0.2, -0.15) is 0 Å². The maximum Gasteiger partial charge on any atom is 0.331 e. The van der Waals surface area contributed by atoms with Gasteiger partial charge in [0.2, 0.25) is 17.7 Å². The third kappa shape index (κ3) is 1.80. The van der Waals surface area contributed by atoms with Crippen LogP contribution in [-0.4, -0.2) is 34.2 Å². The minimum atomic E-state index is -1.44. The van der Waals surface area contributed by atoms with Crippen molar-refractivity contribution in [2.75, 3.05) is 0 Å². The minimum Gasteiger partial charge on any atom is -0.368 e. The number of urea groups is 1. The van der Waals surface area contributed by atoms with Crippen LogP contribution in [0.3, 0.4) is 0 Å². The van der Waals surface area contributed by atoms with Gasteiger partial charge in [-0.25, -0.2) is 9.69 Å². The lowest BCUT2D eigenvalue weighted by atomic mass is 10.0. The molecule has 82 valence electrons. The van der Waals surface area contributed by atoms with Crippen molar-refractivity contribution >= 4 is 23.8 Å². The fraction of sp³-hybridized carbons (Fsp3) is 0.500. The van der Waals surface area contributed by atoms with Gasteiger partial charge in [0, 0.05) is 0 Å². The smallest absolute Gasteiger partial charge is 0.331 e. The van der Waals surface area contributed by atoms with Gasteiger partial charge in [0.15, 0.2) is 0 Å². The van der Waals surface area contributed by atoms with E-state index in [9.17, 15) is 19.2 Å². The quantitative estimate of drug-likeness (QED) is 0.556. The number of carbonyl (C=O) groups is 4. The molecule has 0 unspecified atom stereocenters. The molecule has 5 amide bonds. The van der Waals surface area contributed by atoms with Crippen LogP contribution in [0.4, 0.5) is 4.79 Å². The second kappa shape index (κ2) is 3.34. The summed E-state index contributed by atoms with van der Waals surface area (Å²) in [5.41, 5.74) is 3.62. The van der Waals surface area contributed by atoms with Gasteiger partial charge in [-0.15, -0.1) is 0 Å². The lowest BCUT2D eigenvalue weighted by molar-refractivity contribution is -0.145. The van der Waals surface area contributed by atoms with Crippen LogP contribution in [0.25, 0.3) is 0 Å². The molecule has 3 N–H and O–H groups in total. The summed E-state index contributed by atoms with van der Waals surface area (Å²) in [5.74, 6) is -2.23. The van der Waals surface area contributed by atoms with Gasteiger partial charge >= 0.3 is 6.03 Å². The normalized spacial score (nSPS) is 17.7. The summed E-state index contributed by atoms with van der Waals surface area (Å²) in [6.45, 7) is 2.67. The number of nitrogens with zero attached hydrogens (tertiary/aromatic N) is 1. The summed E-state index contributed by atoms with van der Waals surface area (Å²) in [4.78, 5) is 45.3. The number of carbonyl (C=O) groups excluding carboxylic acids is 4. The van der Waals surface area contributed by atoms with Crippen LogP contribution in [0.5, 0.6) is 0 Å². The standard InChI is InChI=1S/C8H11N3O4/c1-8(2,6(9)14)11-5(13)3-4(12)10-7(11)15/h3H2,1-2H3,(H2,9,14)(H,10,12,15). The number of nitrogens with two attached hydrogens (primary N) is 1. The molecule has 0 radical (unpaired) electrons. The Bertz CT molecular complexity index is 341. The van der Waals surface area contributed by atoms with Gasteiger partial charge < -0.3 is 5.73 Å². The molecule has 0 aromatic rings. The molecule has 7 nitrogen and oxygen atoms in total. The highest BCUT2D eigenvalue weighted by molar-refractivity contribution is 6.16. The van der Waals surface area contributed by atoms with Crippen molar-refractivity contribution in [2.24, 2.45) is 5.73 Å². The van der Waals surface area contributed by atoms with Gasteiger partial charge in [-0.1, -0.05) is 0 Å². The molecule has 1 rings (SSSR count). The van der Waals surface area contributed by atoms with E-state index in [0.29, 0.717) is 4.90 Å². The average molecular weight is 213 g/mol. The molecule has 0 bridgehead atoms. The van der Waals surface area contributed by atoms with E-state index in [0.717, 1.165) is 0 Å². The van der Waals surface area contributed by atoms with Crippen LogP contribution in [0.15, 0.2) is 0 Å². The topological polar surface area (TPSA) is 110 Å². The van der Waals surface area contributed by atoms with Gasteiger partial charge in [0.1, 0.15) is 12.0 Å². The Kier molecular flexibility index (Phi) is 2.48. The van der Waals surface area contributed by atoms with Crippen molar-refractivity contribution in [2.45, 2.75) is 25.8 Å². The third-order valence-electron chi connectivity index (χ3n) is 2.17. The molecule has 0 spiro atoms. The highest BCUT2D eigenvalue weighted by atomic mass is 16.2. The minimum absolute atomic E-state index is 0.456. The fourth-order valence-corrected chi connectivity index (χ4v) is 1.22. The first-order chi connectivity index (χ1) is 6.76. The van der Waals surface area contributed by atoms with Crippen LogP contribution in [0, 0.1) is 0 Å². The van der Waals surface area contributed by atoms with Crippen molar-refractivity contribution < 1.29 is 19.2 Å². The summed E-state index contributed by atoms with van der Waals surface area (Å²) >= 11 is 0. The Balaban J connectivity index is 3.04. The number of hydrogen-bond donors (Lipinski definition) is 2. The lowest BCUT2D eigenvalue weighted by Gasteiger charge is -2.35. The first-order valence-electron chi connectivity index (χ1n) is 4.23. The lowest BCUT2D eigenvalue weighted by Crippen LogP contribution is -2.64. The molecule has 0 aliphatic carbocycles. The molecule has 1 heterocycles. The first kappa shape index (κ1) is 11.2. The molecule has 15 heavy (non-hydrogen) atoms. The zero-order chi connectivity index (χ0) is 11.8. The average Bonchev–Trinajstić information content (AvgIpc) is 2.00. The van der Waals surface area contributed by atoms with Crippen LogP contribution in [0.1, 0.15) is 20.3 Å².